The maximum Gasteiger partial charge on any atom is 0.414 e. The van der Waals surface area contributed by atoms with Gasteiger partial charge in [0, 0.05) is 6.04 Å². The maximum absolute atomic E-state index is 12.3. The van der Waals surface area contributed by atoms with Crippen LogP contribution in [-0.4, -0.2) is 29.8 Å². The Bertz CT molecular complexity index is 529. The lowest BCUT2D eigenvalue weighted by atomic mass is 9.86. The van der Waals surface area contributed by atoms with Gasteiger partial charge in [0.2, 0.25) is 0 Å². The Balaban J connectivity index is 2.27. The van der Waals surface area contributed by atoms with E-state index < -0.39 is 18.0 Å². The molecule has 0 aromatic heterocycles. The number of hydrogen-bond donors (Lipinski definition) is 1. The largest absolute Gasteiger partial charge is 0.481 e. The van der Waals surface area contributed by atoms with Crippen LogP contribution in [0.5, 0.6) is 0 Å². The first-order valence-electron chi connectivity index (χ1n) is 7.34. The third kappa shape index (κ3) is 3.17. The predicted molar refractivity (Wildman–Crippen MR) is 79.6 cm³/mol. The number of carboxylic acid groups (broad SMARTS) is 1. The molecule has 1 aliphatic heterocycles. The van der Waals surface area contributed by atoms with Gasteiger partial charge in [0.25, 0.3) is 0 Å². The number of aliphatic carboxylic acids is 1. The van der Waals surface area contributed by atoms with Gasteiger partial charge < -0.3 is 9.84 Å². The molecular weight excluding hydrogens is 270 g/mol. The lowest BCUT2D eigenvalue weighted by Crippen LogP contribution is -2.44. The molecule has 0 spiro atoms. The molecule has 114 valence electrons. The molecule has 0 saturated carbocycles. The van der Waals surface area contributed by atoms with Crippen LogP contribution < -0.4 is 4.90 Å². The van der Waals surface area contributed by atoms with Crippen molar-refractivity contribution in [1.82, 2.24) is 0 Å². The minimum absolute atomic E-state index is 0.199. The molecule has 5 heteroatoms. The number of fused-ring (bicyclic) bond motifs is 1. The summed E-state index contributed by atoms with van der Waals surface area (Å²) in [7, 11) is 0. The van der Waals surface area contributed by atoms with Gasteiger partial charge in [0.05, 0.1) is 18.2 Å². The molecule has 0 radical (unpaired) electrons. The summed E-state index contributed by atoms with van der Waals surface area (Å²) in [6.45, 7) is 4.28. The Morgan fingerprint density at radius 2 is 2.10 bits per heavy atom. The number of hydrogen-bond acceptors (Lipinski definition) is 3. The van der Waals surface area contributed by atoms with Gasteiger partial charge in [0.15, 0.2) is 0 Å². The Labute approximate surface area is 124 Å². The number of para-hydroxylation sites is 1. The van der Waals surface area contributed by atoms with Crippen LogP contribution in [0.2, 0.25) is 0 Å². The molecule has 1 aromatic carbocycles. The molecule has 2 unspecified atom stereocenters. The quantitative estimate of drug-likeness (QED) is 0.863. The molecule has 1 aliphatic rings. The highest BCUT2D eigenvalue weighted by Gasteiger charge is 2.37. The smallest absolute Gasteiger partial charge is 0.414 e. The van der Waals surface area contributed by atoms with E-state index in [1.54, 1.807) is 23.1 Å². The highest BCUT2D eigenvalue weighted by atomic mass is 16.6. The molecular formula is C16H21NO4. The van der Waals surface area contributed by atoms with Crippen LogP contribution in [0.15, 0.2) is 24.3 Å². The van der Waals surface area contributed by atoms with Crippen molar-refractivity contribution < 1.29 is 19.4 Å². The van der Waals surface area contributed by atoms with Crippen molar-refractivity contribution >= 4 is 17.7 Å². The first-order valence-corrected chi connectivity index (χ1v) is 7.34. The van der Waals surface area contributed by atoms with Gasteiger partial charge in [-0.1, -0.05) is 31.5 Å². The molecule has 2 atom stereocenters. The Kier molecular flexibility index (Phi) is 4.83. The summed E-state index contributed by atoms with van der Waals surface area (Å²) in [6.07, 6.45) is 1.79. The van der Waals surface area contributed by atoms with Crippen molar-refractivity contribution in [3.05, 3.63) is 29.8 Å². The zero-order chi connectivity index (χ0) is 15.4. The number of anilines is 1. The van der Waals surface area contributed by atoms with Crippen molar-refractivity contribution in [3.63, 3.8) is 0 Å². The lowest BCUT2D eigenvalue weighted by molar-refractivity contribution is -0.139. The van der Waals surface area contributed by atoms with E-state index in [0.717, 1.165) is 12.8 Å². The third-order valence-corrected chi connectivity index (χ3v) is 3.81. The van der Waals surface area contributed by atoms with Gasteiger partial charge in [-0.05, 0) is 31.4 Å². The fourth-order valence-corrected chi connectivity index (χ4v) is 2.70. The van der Waals surface area contributed by atoms with Gasteiger partial charge in [-0.3, -0.25) is 9.69 Å². The number of nitrogens with zero attached hydrogens (tertiary/aromatic N) is 1. The summed E-state index contributed by atoms with van der Waals surface area (Å²) in [5, 5.41) is 9.37. The zero-order valence-electron chi connectivity index (χ0n) is 12.4. The number of carboxylic acids is 1. The van der Waals surface area contributed by atoms with Crippen molar-refractivity contribution in [2.75, 3.05) is 11.5 Å². The second kappa shape index (κ2) is 6.61. The standard InChI is InChI=1S/C16H21NO4/c1-3-4-9-21-16(20)17-11(2)10-13(15(18)19)12-7-5-6-8-14(12)17/h5-8,11,13H,3-4,9-10H2,1-2H3,(H,18,19). The Hall–Kier alpha value is -2.04. The second-order valence-electron chi connectivity index (χ2n) is 5.37. The molecule has 0 saturated heterocycles. The van der Waals surface area contributed by atoms with Crippen molar-refractivity contribution in [2.45, 2.75) is 45.1 Å². The van der Waals surface area contributed by atoms with E-state index in [2.05, 4.69) is 0 Å². The number of ether oxygens (including phenoxy) is 1. The molecule has 0 fully saturated rings. The Morgan fingerprint density at radius 3 is 2.76 bits per heavy atom. The number of benzene rings is 1. The summed E-state index contributed by atoms with van der Waals surface area (Å²) >= 11 is 0. The monoisotopic (exact) mass is 291 g/mol. The van der Waals surface area contributed by atoms with Crippen molar-refractivity contribution in [1.29, 1.82) is 0 Å². The topological polar surface area (TPSA) is 66.8 Å². The number of unbranched alkanes of at least 4 members (excludes halogenated alkanes) is 1. The van der Waals surface area contributed by atoms with Crippen LogP contribution in [0.3, 0.4) is 0 Å². The van der Waals surface area contributed by atoms with Crippen LogP contribution in [-0.2, 0) is 9.53 Å². The van der Waals surface area contributed by atoms with E-state index in [9.17, 15) is 14.7 Å². The molecule has 0 aliphatic carbocycles. The molecule has 1 N–H and O–H groups in total. The molecule has 1 aromatic rings. The Morgan fingerprint density at radius 1 is 1.38 bits per heavy atom. The van der Waals surface area contributed by atoms with Gasteiger partial charge in [-0.15, -0.1) is 0 Å². The highest BCUT2D eigenvalue weighted by molar-refractivity contribution is 5.92. The van der Waals surface area contributed by atoms with Gasteiger partial charge in [-0.2, -0.15) is 0 Å². The molecule has 21 heavy (non-hydrogen) atoms. The number of rotatable bonds is 4. The van der Waals surface area contributed by atoms with Gasteiger partial charge >= 0.3 is 12.1 Å². The summed E-state index contributed by atoms with van der Waals surface area (Å²) < 4.78 is 5.28. The van der Waals surface area contributed by atoms with E-state index in [-0.39, 0.29) is 6.04 Å². The van der Waals surface area contributed by atoms with Crippen LogP contribution in [0, 0.1) is 0 Å². The van der Waals surface area contributed by atoms with E-state index in [1.807, 2.05) is 19.9 Å². The fourth-order valence-electron chi connectivity index (χ4n) is 2.70. The molecule has 1 amide bonds. The van der Waals surface area contributed by atoms with Crippen molar-refractivity contribution in [3.8, 4) is 0 Å². The van der Waals surface area contributed by atoms with E-state index in [0.29, 0.717) is 24.3 Å². The number of carbonyl (C=O) groups excluding carboxylic acids is 1. The van der Waals surface area contributed by atoms with E-state index >= 15 is 0 Å². The second-order valence-corrected chi connectivity index (χ2v) is 5.37. The minimum atomic E-state index is -0.853. The molecule has 2 rings (SSSR count). The maximum atomic E-state index is 12.3. The average Bonchev–Trinajstić information content (AvgIpc) is 2.46. The van der Waals surface area contributed by atoms with Crippen LogP contribution in [0.25, 0.3) is 0 Å². The summed E-state index contributed by atoms with van der Waals surface area (Å²) in [6, 6.07) is 6.96. The van der Waals surface area contributed by atoms with Crippen LogP contribution >= 0.6 is 0 Å². The summed E-state index contributed by atoms with van der Waals surface area (Å²) in [4.78, 5) is 25.3. The van der Waals surface area contributed by atoms with E-state index in [1.165, 1.54) is 0 Å². The summed E-state index contributed by atoms with van der Waals surface area (Å²) in [5.74, 6) is -1.43. The minimum Gasteiger partial charge on any atom is -0.481 e. The lowest BCUT2D eigenvalue weighted by Gasteiger charge is -2.37. The van der Waals surface area contributed by atoms with Crippen LogP contribution in [0.4, 0.5) is 10.5 Å². The number of carbonyl (C=O) groups is 2. The molecule has 1 heterocycles. The number of amides is 1. The molecule has 0 bridgehead atoms. The van der Waals surface area contributed by atoms with Crippen molar-refractivity contribution in [2.24, 2.45) is 0 Å². The highest BCUT2D eigenvalue weighted by Crippen LogP contribution is 2.38. The van der Waals surface area contributed by atoms with Gasteiger partial charge in [0.1, 0.15) is 0 Å². The first-order chi connectivity index (χ1) is 10.1. The predicted octanol–water partition coefficient (Wildman–Crippen LogP) is 3.39. The normalized spacial score (nSPS) is 20.8. The van der Waals surface area contributed by atoms with E-state index in [4.69, 9.17) is 4.74 Å². The summed E-state index contributed by atoms with van der Waals surface area (Å²) in [5.41, 5.74) is 1.32. The first kappa shape index (κ1) is 15.4. The zero-order valence-corrected chi connectivity index (χ0v) is 12.4. The SMILES string of the molecule is CCCCOC(=O)N1c2ccccc2C(C(=O)O)CC1C. The average molecular weight is 291 g/mol. The van der Waals surface area contributed by atoms with Crippen LogP contribution in [0.1, 0.15) is 44.6 Å². The molecule has 5 nitrogen and oxygen atoms in total. The van der Waals surface area contributed by atoms with Gasteiger partial charge in [-0.25, -0.2) is 4.79 Å². The third-order valence-electron chi connectivity index (χ3n) is 3.81. The fraction of sp³-hybridized carbons (Fsp3) is 0.500.